The van der Waals surface area contributed by atoms with E-state index in [4.69, 9.17) is 0 Å². The zero-order valence-corrected chi connectivity index (χ0v) is 12.9. The highest BCUT2D eigenvalue weighted by Gasteiger charge is 2.10. The topological polar surface area (TPSA) is 65.2 Å². The molecule has 0 amide bonds. The molecule has 118 valence electrons. The Morgan fingerprint density at radius 3 is 1.04 bits per heavy atom. The van der Waals surface area contributed by atoms with Crippen LogP contribution in [0.15, 0.2) is 95.2 Å². The van der Waals surface area contributed by atoms with Crippen LogP contribution in [0.3, 0.4) is 0 Å². The Labute approximate surface area is 140 Å². The molecule has 4 nitrogen and oxygen atoms in total. The van der Waals surface area contributed by atoms with Gasteiger partial charge in [0.15, 0.2) is 0 Å². The Bertz CT molecular complexity index is 781. The molecule has 0 unspecified atom stereocenters. The summed E-state index contributed by atoms with van der Waals surface area (Å²) < 4.78 is 0. The first-order valence-electron chi connectivity index (χ1n) is 7.49. The lowest BCUT2D eigenvalue weighted by Crippen LogP contribution is -2.06. The zero-order valence-electron chi connectivity index (χ0n) is 12.9. The quantitative estimate of drug-likeness (QED) is 0.431. The number of nitrogens with zero attached hydrogens (tertiary/aromatic N) is 2. The van der Waals surface area contributed by atoms with Gasteiger partial charge in [0, 0.05) is 22.3 Å². The number of rotatable bonds is 4. The molecule has 0 spiro atoms. The molecule has 0 saturated carbocycles. The van der Waals surface area contributed by atoms with Crippen LogP contribution in [0.4, 0.5) is 0 Å². The summed E-state index contributed by atoms with van der Waals surface area (Å²) in [6.07, 6.45) is 0. The summed E-state index contributed by atoms with van der Waals surface area (Å²) in [5.41, 5.74) is 4.18. The van der Waals surface area contributed by atoms with Gasteiger partial charge in [0.25, 0.3) is 0 Å². The van der Waals surface area contributed by atoms with Gasteiger partial charge >= 0.3 is 0 Å². The molecule has 0 heterocycles. The Kier molecular flexibility index (Phi) is 4.68. The predicted molar refractivity (Wildman–Crippen MR) is 94.2 cm³/mol. The van der Waals surface area contributed by atoms with Crippen molar-refractivity contribution in [3.05, 3.63) is 107 Å². The molecule has 3 rings (SSSR count). The fourth-order valence-electron chi connectivity index (χ4n) is 2.54. The molecule has 0 aliphatic heterocycles. The van der Waals surface area contributed by atoms with E-state index in [1.807, 2.05) is 84.9 Å². The van der Waals surface area contributed by atoms with Crippen LogP contribution in [-0.2, 0) is 0 Å². The Balaban J connectivity index is 1.93. The Morgan fingerprint density at radius 1 is 0.458 bits per heavy atom. The van der Waals surface area contributed by atoms with E-state index in [0.717, 1.165) is 22.3 Å². The van der Waals surface area contributed by atoms with Crippen molar-refractivity contribution in [2.45, 2.75) is 0 Å². The first-order valence-corrected chi connectivity index (χ1v) is 7.49. The summed E-state index contributed by atoms with van der Waals surface area (Å²) in [5.74, 6) is 0. The van der Waals surface area contributed by atoms with Gasteiger partial charge in [-0.05, 0) is 0 Å². The molecule has 0 saturated heterocycles. The Morgan fingerprint density at radius 2 is 0.750 bits per heavy atom. The highest BCUT2D eigenvalue weighted by molar-refractivity contribution is 6.15. The lowest BCUT2D eigenvalue weighted by molar-refractivity contribution is 0.319. The molecule has 3 aromatic rings. The van der Waals surface area contributed by atoms with Gasteiger partial charge in [0.2, 0.25) is 0 Å². The second-order valence-corrected chi connectivity index (χ2v) is 5.21. The summed E-state index contributed by atoms with van der Waals surface area (Å²) in [6, 6.07) is 26.3. The lowest BCUT2D eigenvalue weighted by atomic mass is 9.98. The molecule has 4 heteroatoms. The third-order valence-electron chi connectivity index (χ3n) is 3.73. The minimum atomic E-state index is 0.490. The molecule has 2 N–H and O–H groups in total. The van der Waals surface area contributed by atoms with Crippen molar-refractivity contribution in [3.8, 4) is 0 Å². The van der Waals surface area contributed by atoms with E-state index in [9.17, 15) is 10.4 Å². The van der Waals surface area contributed by atoms with Crippen LogP contribution in [0, 0.1) is 0 Å². The van der Waals surface area contributed by atoms with Crippen molar-refractivity contribution >= 4 is 11.4 Å². The van der Waals surface area contributed by atoms with Crippen molar-refractivity contribution in [3.63, 3.8) is 0 Å². The maximum absolute atomic E-state index is 9.36. The maximum Gasteiger partial charge on any atom is 0.117 e. The molecule has 0 bridgehead atoms. The third-order valence-corrected chi connectivity index (χ3v) is 3.73. The van der Waals surface area contributed by atoms with Crippen LogP contribution in [0.2, 0.25) is 0 Å². The fraction of sp³-hybridized carbons (Fsp3) is 0. The van der Waals surface area contributed by atoms with Gasteiger partial charge in [-0.1, -0.05) is 95.2 Å². The first kappa shape index (κ1) is 15.5. The van der Waals surface area contributed by atoms with E-state index in [0.29, 0.717) is 11.4 Å². The van der Waals surface area contributed by atoms with E-state index in [2.05, 4.69) is 10.3 Å². The van der Waals surface area contributed by atoms with Gasteiger partial charge in [-0.25, -0.2) is 0 Å². The molecule has 0 aliphatic rings. The number of hydrogen-bond acceptors (Lipinski definition) is 4. The molecule has 0 aliphatic carbocycles. The number of benzene rings is 3. The lowest BCUT2D eigenvalue weighted by Gasteiger charge is -2.08. The average Bonchev–Trinajstić information content (AvgIpc) is 2.66. The summed E-state index contributed by atoms with van der Waals surface area (Å²) in [7, 11) is 0. The fourth-order valence-corrected chi connectivity index (χ4v) is 2.54. The molecular weight excluding hydrogens is 300 g/mol. The number of hydrogen-bond donors (Lipinski definition) is 2. The van der Waals surface area contributed by atoms with Crippen molar-refractivity contribution in [1.82, 2.24) is 0 Å². The van der Waals surface area contributed by atoms with E-state index in [1.54, 1.807) is 0 Å². The standard InChI is InChI=1S/C20H16N2O2/c23-21-19(15-7-3-1-4-8-15)17-11-13-18(14-12-17)20(22-24)16-9-5-2-6-10-16/h1-14,23-24H. The smallest absolute Gasteiger partial charge is 0.117 e. The normalized spacial score (nSPS) is 12.2. The zero-order chi connectivity index (χ0) is 16.8. The minimum Gasteiger partial charge on any atom is -0.410 e. The van der Waals surface area contributed by atoms with E-state index in [1.165, 1.54) is 0 Å². The van der Waals surface area contributed by atoms with Crippen LogP contribution in [0.5, 0.6) is 0 Å². The second kappa shape index (κ2) is 7.24. The summed E-state index contributed by atoms with van der Waals surface area (Å²) in [6.45, 7) is 0. The van der Waals surface area contributed by atoms with Crippen LogP contribution in [0.25, 0.3) is 0 Å². The van der Waals surface area contributed by atoms with Crippen LogP contribution < -0.4 is 0 Å². The molecule has 0 fully saturated rings. The number of oxime groups is 2. The monoisotopic (exact) mass is 316 g/mol. The van der Waals surface area contributed by atoms with Gasteiger partial charge in [-0.2, -0.15) is 0 Å². The summed E-state index contributed by atoms with van der Waals surface area (Å²) in [5, 5.41) is 25.6. The van der Waals surface area contributed by atoms with Crippen molar-refractivity contribution in [1.29, 1.82) is 0 Å². The predicted octanol–water partition coefficient (Wildman–Crippen LogP) is 4.14. The first-order chi connectivity index (χ1) is 11.8. The van der Waals surface area contributed by atoms with Gasteiger partial charge < -0.3 is 10.4 Å². The van der Waals surface area contributed by atoms with Crippen molar-refractivity contribution in [2.75, 3.05) is 0 Å². The highest BCUT2D eigenvalue weighted by atomic mass is 16.4. The third kappa shape index (κ3) is 3.17. The highest BCUT2D eigenvalue weighted by Crippen LogP contribution is 2.15. The van der Waals surface area contributed by atoms with Gasteiger partial charge in [0.1, 0.15) is 11.4 Å². The molecule has 0 radical (unpaired) electrons. The van der Waals surface area contributed by atoms with E-state index < -0.39 is 0 Å². The van der Waals surface area contributed by atoms with Gasteiger partial charge in [-0.3, -0.25) is 0 Å². The summed E-state index contributed by atoms with van der Waals surface area (Å²) >= 11 is 0. The van der Waals surface area contributed by atoms with Gasteiger partial charge in [-0.15, -0.1) is 0 Å². The molecular formula is C20H16N2O2. The van der Waals surface area contributed by atoms with Gasteiger partial charge in [0.05, 0.1) is 0 Å². The van der Waals surface area contributed by atoms with Crippen LogP contribution in [-0.4, -0.2) is 21.8 Å². The second-order valence-electron chi connectivity index (χ2n) is 5.21. The average molecular weight is 316 g/mol. The van der Waals surface area contributed by atoms with E-state index >= 15 is 0 Å². The van der Waals surface area contributed by atoms with Crippen molar-refractivity contribution in [2.24, 2.45) is 10.3 Å². The largest absolute Gasteiger partial charge is 0.410 e. The van der Waals surface area contributed by atoms with Crippen molar-refractivity contribution < 1.29 is 10.4 Å². The SMILES string of the molecule is ON=C(c1ccccc1)c1ccc(C(=NO)c2ccccc2)cc1. The molecule has 0 atom stereocenters. The minimum absolute atomic E-state index is 0.490. The summed E-state index contributed by atoms with van der Waals surface area (Å²) in [4.78, 5) is 0. The molecule has 3 aromatic carbocycles. The van der Waals surface area contributed by atoms with E-state index in [-0.39, 0.29) is 0 Å². The molecule has 0 aromatic heterocycles. The maximum atomic E-state index is 9.36. The Hall–Kier alpha value is -3.40. The molecule has 24 heavy (non-hydrogen) atoms. The van der Waals surface area contributed by atoms with Crippen LogP contribution in [0.1, 0.15) is 22.3 Å². The van der Waals surface area contributed by atoms with Crippen LogP contribution >= 0.6 is 0 Å².